The average molecular weight is 569 g/mol. The molecule has 2 aliphatic rings. The monoisotopic (exact) mass is 568 g/mol. The second-order valence-corrected chi connectivity index (χ2v) is 13.4. The van der Waals surface area contributed by atoms with Gasteiger partial charge in [-0.3, -0.25) is 14.4 Å². The topological polar surface area (TPSA) is 104 Å². The number of pyridine rings is 1. The Morgan fingerprint density at radius 3 is 2.62 bits per heavy atom. The minimum Gasteiger partial charge on any atom is -0.496 e. The van der Waals surface area contributed by atoms with Crippen LogP contribution in [0.5, 0.6) is 5.75 Å². The molecule has 1 aliphatic heterocycles. The summed E-state index contributed by atoms with van der Waals surface area (Å²) in [6.45, 7) is 4.93. The fraction of sp³-hybridized carbons (Fsp3) is 0.467. The van der Waals surface area contributed by atoms with Gasteiger partial charge in [-0.1, -0.05) is 6.08 Å². The summed E-state index contributed by atoms with van der Waals surface area (Å²) in [5.74, 6) is 0.122. The lowest BCUT2D eigenvalue weighted by molar-refractivity contribution is -0.120. The number of amides is 1. The molecule has 1 aliphatic carbocycles. The van der Waals surface area contributed by atoms with Crippen molar-refractivity contribution >= 4 is 32.5 Å². The minimum absolute atomic E-state index is 0.222. The van der Waals surface area contributed by atoms with E-state index in [2.05, 4.69) is 31.7 Å². The zero-order chi connectivity index (χ0) is 28.4. The van der Waals surface area contributed by atoms with Crippen LogP contribution in [0.4, 0.5) is 4.39 Å². The van der Waals surface area contributed by atoms with Crippen LogP contribution in [0.15, 0.2) is 42.6 Å². The number of methoxy groups -OCH3 is 1. The Morgan fingerprint density at radius 2 is 1.95 bits per heavy atom. The predicted octanol–water partition coefficient (Wildman–Crippen LogP) is 5.27. The van der Waals surface area contributed by atoms with E-state index >= 15 is 0 Å². The van der Waals surface area contributed by atoms with Gasteiger partial charge in [0.1, 0.15) is 17.2 Å². The van der Waals surface area contributed by atoms with Gasteiger partial charge >= 0.3 is 0 Å². The van der Waals surface area contributed by atoms with Crippen LogP contribution in [0, 0.1) is 11.7 Å². The molecule has 8 nitrogen and oxygen atoms in total. The van der Waals surface area contributed by atoms with Gasteiger partial charge in [0.05, 0.1) is 12.4 Å². The molecule has 40 heavy (non-hydrogen) atoms. The minimum atomic E-state index is -3.58. The number of benzene rings is 1. The Balaban J connectivity index is 1.22. The van der Waals surface area contributed by atoms with Gasteiger partial charge in [0, 0.05) is 48.4 Å². The zero-order valence-electron chi connectivity index (χ0n) is 23.2. The molecule has 3 aromatic rings. The molecule has 1 aromatic carbocycles. The summed E-state index contributed by atoms with van der Waals surface area (Å²) in [4.78, 5) is 22.7. The van der Waals surface area contributed by atoms with E-state index in [0.29, 0.717) is 17.4 Å². The first-order chi connectivity index (χ1) is 19.1. The number of rotatable bonds is 8. The average Bonchev–Trinajstić information content (AvgIpc) is 3.38. The van der Waals surface area contributed by atoms with Crippen molar-refractivity contribution in [2.45, 2.75) is 63.7 Å². The molecule has 0 spiro atoms. The Morgan fingerprint density at radius 1 is 1.18 bits per heavy atom. The summed E-state index contributed by atoms with van der Waals surface area (Å²) in [6.07, 6.45) is 9.02. The van der Waals surface area contributed by atoms with Gasteiger partial charge < -0.3 is 9.72 Å². The van der Waals surface area contributed by atoms with Crippen molar-refractivity contribution in [2.24, 2.45) is 5.92 Å². The van der Waals surface area contributed by atoms with E-state index < -0.39 is 21.2 Å². The van der Waals surface area contributed by atoms with Crippen molar-refractivity contribution in [1.82, 2.24) is 19.6 Å². The van der Waals surface area contributed by atoms with Crippen LogP contribution < -0.4 is 9.46 Å². The number of hydrogen-bond acceptors (Lipinski definition) is 6. The highest BCUT2D eigenvalue weighted by molar-refractivity contribution is 7.90. The lowest BCUT2D eigenvalue weighted by atomic mass is 9.83. The van der Waals surface area contributed by atoms with Crippen molar-refractivity contribution in [3.63, 3.8) is 0 Å². The predicted molar refractivity (Wildman–Crippen MR) is 155 cm³/mol. The number of carbonyl (C=O) groups is 1. The molecule has 1 saturated carbocycles. The van der Waals surface area contributed by atoms with E-state index in [1.807, 2.05) is 6.07 Å². The summed E-state index contributed by atoms with van der Waals surface area (Å²) in [5.41, 5.74) is 4.58. The van der Waals surface area contributed by atoms with Crippen LogP contribution in [0.2, 0.25) is 0 Å². The molecule has 5 rings (SSSR count). The highest BCUT2D eigenvalue weighted by Gasteiger charge is 2.29. The normalized spacial score (nSPS) is 20.5. The standard InChI is InChI=1S/C30H37FN4O4S/c1-19(2)40(37,38)34-29(36)16-20-4-7-23(8-5-20)35-14-11-21(12-15-35)27-18-26-24(10-13-32-30(26)33-27)25-17-22(31)6-9-28(25)39-3/h6,9-11,13,17-20,23H,4-5,7-8,12,14-16H2,1-3H3,(H,32,33)(H,34,36). The van der Waals surface area contributed by atoms with Crippen LogP contribution in [0.25, 0.3) is 27.7 Å². The lowest BCUT2D eigenvalue weighted by Crippen LogP contribution is -2.41. The molecule has 0 bridgehead atoms. The molecular formula is C30H37FN4O4S. The van der Waals surface area contributed by atoms with E-state index in [1.54, 1.807) is 33.2 Å². The van der Waals surface area contributed by atoms with E-state index in [9.17, 15) is 17.6 Å². The van der Waals surface area contributed by atoms with E-state index in [0.717, 1.165) is 67.5 Å². The Kier molecular flexibility index (Phi) is 8.28. The molecule has 214 valence electrons. The molecule has 0 saturated heterocycles. The molecule has 10 heteroatoms. The van der Waals surface area contributed by atoms with Crippen LogP contribution >= 0.6 is 0 Å². The fourth-order valence-corrected chi connectivity index (χ4v) is 6.52. The van der Waals surface area contributed by atoms with E-state index in [-0.39, 0.29) is 18.2 Å². The summed E-state index contributed by atoms with van der Waals surface area (Å²) in [6, 6.07) is 8.98. The van der Waals surface area contributed by atoms with Gasteiger partial charge in [0.15, 0.2) is 0 Å². The molecule has 3 heterocycles. The number of H-pyrrole nitrogens is 1. The Labute approximate surface area is 235 Å². The first-order valence-electron chi connectivity index (χ1n) is 13.9. The number of halogens is 1. The molecule has 2 N–H and O–H groups in total. The molecule has 2 aromatic heterocycles. The SMILES string of the molecule is COc1ccc(F)cc1-c1ccnc2[nH]c(C3=CCN(C4CCC(CC(=O)NS(=O)(=O)C(C)C)CC4)CC3)cc12. The van der Waals surface area contributed by atoms with E-state index in [1.165, 1.54) is 17.7 Å². The second-order valence-electron chi connectivity index (χ2n) is 11.1. The van der Waals surface area contributed by atoms with E-state index in [4.69, 9.17) is 4.74 Å². The largest absolute Gasteiger partial charge is 0.496 e. The van der Waals surface area contributed by atoms with Crippen molar-refractivity contribution < 1.29 is 22.3 Å². The number of nitrogens with zero attached hydrogens (tertiary/aromatic N) is 2. The number of aromatic nitrogens is 2. The van der Waals surface area contributed by atoms with Gasteiger partial charge in [-0.25, -0.2) is 17.8 Å². The van der Waals surface area contributed by atoms with Gasteiger partial charge in [-0.2, -0.15) is 0 Å². The molecule has 1 amide bonds. The summed E-state index contributed by atoms with van der Waals surface area (Å²) in [5, 5.41) is 0.303. The molecule has 1 fully saturated rings. The number of hydrogen-bond donors (Lipinski definition) is 2. The number of fused-ring (bicyclic) bond motifs is 1. The number of ether oxygens (including phenoxy) is 1. The van der Waals surface area contributed by atoms with Gasteiger partial charge in [0.25, 0.3) is 0 Å². The maximum Gasteiger partial charge on any atom is 0.237 e. The molecule has 0 radical (unpaired) electrons. The maximum atomic E-state index is 14.1. The molecule has 0 unspecified atom stereocenters. The summed E-state index contributed by atoms with van der Waals surface area (Å²) < 4.78 is 45.7. The van der Waals surface area contributed by atoms with Gasteiger partial charge in [-0.15, -0.1) is 0 Å². The first-order valence-corrected chi connectivity index (χ1v) is 15.5. The molecular weight excluding hydrogens is 531 g/mol. The highest BCUT2D eigenvalue weighted by Crippen LogP contribution is 2.37. The number of aromatic amines is 1. The maximum absolute atomic E-state index is 14.1. The third-order valence-electron chi connectivity index (χ3n) is 8.25. The quantitative estimate of drug-likeness (QED) is 0.384. The van der Waals surface area contributed by atoms with Crippen molar-refractivity contribution in [1.29, 1.82) is 0 Å². The lowest BCUT2D eigenvalue weighted by Gasteiger charge is -2.38. The Bertz CT molecular complexity index is 1520. The van der Waals surface area contributed by atoms with Crippen LogP contribution in [0.3, 0.4) is 0 Å². The van der Waals surface area contributed by atoms with Crippen LogP contribution in [-0.2, 0) is 14.8 Å². The Hall–Kier alpha value is -3.24. The van der Waals surface area contributed by atoms with Gasteiger partial charge in [-0.05, 0) is 93.3 Å². The zero-order valence-corrected chi connectivity index (χ0v) is 24.1. The highest BCUT2D eigenvalue weighted by atomic mass is 32.2. The van der Waals surface area contributed by atoms with Crippen molar-refractivity contribution in [3.8, 4) is 16.9 Å². The van der Waals surface area contributed by atoms with Crippen LogP contribution in [0.1, 0.15) is 58.1 Å². The van der Waals surface area contributed by atoms with Crippen molar-refractivity contribution in [3.05, 3.63) is 54.1 Å². The number of carbonyl (C=O) groups excluding carboxylic acids is 1. The van der Waals surface area contributed by atoms with Crippen LogP contribution in [-0.4, -0.2) is 60.7 Å². The fourth-order valence-electron chi connectivity index (χ4n) is 5.88. The van der Waals surface area contributed by atoms with Crippen molar-refractivity contribution in [2.75, 3.05) is 20.2 Å². The summed E-state index contributed by atoms with van der Waals surface area (Å²) >= 11 is 0. The number of nitrogens with one attached hydrogen (secondary N) is 2. The molecule has 0 atom stereocenters. The smallest absolute Gasteiger partial charge is 0.237 e. The number of sulfonamides is 1. The third kappa shape index (κ3) is 6.07. The second kappa shape index (κ2) is 11.7. The van der Waals surface area contributed by atoms with Gasteiger partial charge in [0.2, 0.25) is 15.9 Å². The third-order valence-corrected chi connectivity index (χ3v) is 10.0. The first kappa shape index (κ1) is 28.3. The summed E-state index contributed by atoms with van der Waals surface area (Å²) in [7, 11) is -1.99.